The Morgan fingerprint density at radius 3 is 2.71 bits per heavy atom. The van der Waals surface area contributed by atoms with E-state index in [1.54, 1.807) is 7.05 Å². The number of nitrogens with zero attached hydrogens (tertiary/aromatic N) is 2. The third-order valence-corrected chi connectivity index (χ3v) is 4.00. The number of nitrogens with one attached hydrogen (secondary N) is 2. The standard InChI is InChI=1S/C18H23BrN4O/c1-14(24-17-9-4-3-8-16(17)19)13-23-18(20-2)22-12-10-15-7-5-6-11-21-15/h3-9,11,14H,10,12-13H2,1-2H3,(H2,20,22,23). The van der Waals surface area contributed by atoms with Crippen LogP contribution in [0, 0.1) is 0 Å². The molecule has 1 unspecified atom stereocenters. The normalized spacial score (nSPS) is 12.5. The molecule has 0 radical (unpaired) electrons. The molecular weight excluding hydrogens is 368 g/mol. The van der Waals surface area contributed by atoms with Gasteiger partial charge in [-0.25, -0.2) is 0 Å². The first-order valence-electron chi connectivity index (χ1n) is 7.94. The van der Waals surface area contributed by atoms with Gasteiger partial charge in [-0.15, -0.1) is 0 Å². The highest BCUT2D eigenvalue weighted by atomic mass is 79.9. The predicted octanol–water partition coefficient (Wildman–Crippen LogP) is 3.02. The summed E-state index contributed by atoms with van der Waals surface area (Å²) in [5, 5.41) is 6.56. The highest BCUT2D eigenvalue weighted by molar-refractivity contribution is 9.10. The van der Waals surface area contributed by atoms with Gasteiger partial charge in [0.15, 0.2) is 5.96 Å². The van der Waals surface area contributed by atoms with Crippen LogP contribution >= 0.6 is 15.9 Å². The molecule has 2 rings (SSSR count). The van der Waals surface area contributed by atoms with Crippen LogP contribution in [0.2, 0.25) is 0 Å². The lowest BCUT2D eigenvalue weighted by atomic mass is 10.3. The molecule has 0 saturated heterocycles. The van der Waals surface area contributed by atoms with Gasteiger partial charge in [-0.05, 0) is 47.1 Å². The second-order valence-electron chi connectivity index (χ2n) is 5.31. The number of benzene rings is 1. The summed E-state index contributed by atoms with van der Waals surface area (Å²) >= 11 is 3.49. The Morgan fingerprint density at radius 1 is 1.21 bits per heavy atom. The number of hydrogen-bond donors (Lipinski definition) is 2. The van der Waals surface area contributed by atoms with E-state index in [1.165, 1.54) is 0 Å². The predicted molar refractivity (Wildman–Crippen MR) is 102 cm³/mol. The fourth-order valence-corrected chi connectivity index (χ4v) is 2.49. The van der Waals surface area contributed by atoms with E-state index in [-0.39, 0.29) is 6.10 Å². The largest absolute Gasteiger partial charge is 0.488 e. The van der Waals surface area contributed by atoms with Gasteiger partial charge >= 0.3 is 0 Å². The van der Waals surface area contributed by atoms with E-state index in [4.69, 9.17) is 4.74 Å². The van der Waals surface area contributed by atoms with E-state index in [0.29, 0.717) is 6.54 Å². The molecule has 0 saturated carbocycles. The number of rotatable bonds is 7. The fourth-order valence-electron chi connectivity index (χ4n) is 2.11. The molecule has 6 heteroatoms. The van der Waals surface area contributed by atoms with Gasteiger partial charge in [0.05, 0.1) is 11.0 Å². The monoisotopic (exact) mass is 390 g/mol. The maximum absolute atomic E-state index is 5.91. The summed E-state index contributed by atoms with van der Waals surface area (Å²) in [7, 11) is 1.76. The molecule has 24 heavy (non-hydrogen) atoms. The minimum atomic E-state index is 0.0121. The maximum atomic E-state index is 5.91. The van der Waals surface area contributed by atoms with Crippen molar-refractivity contribution in [3.63, 3.8) is 0 Å². The molecule has 0 fully saturated rings. The second kappa shape index (κ2) is 9.93. The van der Waals surface area contributed by atoms with Crippen molar-refractivity contribution in [3.05, 3.63) is 58.8 Å². The van der Waals surface area contributed by atoms with E-state index in [9.17, 15) is 0 Å². The summed E-state index contributed by atoms with van der Waals surface area (Å²) in [6.07, 6.45) is 2.67. The molecule has 1 heterocycles. The van der Waals surface area contributed by atoms with E-state index in [1.807, 2.05) is 55.6 Å². The van der Waals surface area contributed by atoms with Gasteiger partial charge in [0, 0.05) is 31.9 Å². The number of aliphatic imine (C=N–C) groups is 1. The maximum Gasteiger partial charge on any atom is 0.191 e. The summed E-state index contributed by atoms with van der Waals surface area (Å²) in [6, 6.07) is 13.8. The Bertz CT molecular complexity index is 648. The summed E-state index contributed by atoms with van der Waals surface area (Å²) in [4.78, 5) is 8.53. The van der Waals surface area contributed by atoms with Crippen molar-refractivity contribution < 1.29 is 4.74 Å². The van der Waals surface area contributed by atoms with Crippen molar-refractivity contribution >= 4 is 21.9 Å². The summed E-state index contributed by atoms with van der Waals surface area (Å²) < 4.78 is 6.87. The molecular formula is C18H23BrN4O. The third kappa shape index (κ3) is 6.20. The zero-order chi connectivity index (χ0) is 17.2. The zero-order valence-electron chi connectivity index (χ0n) is 14.0. The first-order valence-corrected chi connectivity index (χ1v) is 8.74. The van der Waals surface area contributed by atoms with E-state index in [0.717, 1.165) is 34.8 Å². The molecule has 0 bridgehead atoms. The quantitative estimate of drug-likeness (QED) is 0.563. The molecule has 128 valence electrons. The van der Waals surface area contributed by atoms with E-state index >= 15 is 0 Å². The second-order valence-corrected chi connectivity index (χ2v) is 6.16. The van der Waals surface area contributed by atoms with Crippen molar-refractivity contribution in [2.24, 2.45) is 4.99 Å². The van der Waals surface area contributed by atoms with Crippen LogP contribution in [-0.4, -0.2) is 37.2 Å². The van der Waals surface area contributed by atoms with Crippen LogP contribution in [0.1, 0.15) is 12.6 Å². The molecule has 5 nitrogen and oxygen atoms in total. The highest BCUT2D eigenvalue weighted by Crippen LogP contribution is 2.24. The summed E-state index contributed by atoms with van der Waals surface area (Å²) in [5.41, 5.74) is 1.06. The van der Waals surface area contributed by atoms with Crippen LogP contribution in [0.5, 0.6) is 5.75 Å². The van der Waals surface area contributed by atoms with Crippen LogP contribution in [0.15, 0.2) is 58.1 Å². The van der Waals surface area contributed by atoms with Crippen molar-refractivity contribution in [3.8, 4) is 5.75 Å². The zero-order valence-corrected chi connectivity index (χ0v) is 15.6. The minimum Gasteiger partial charge on any atom is -0.488 e. The van der Waals surface area contributed by atoms with Gasteiger partial charge in [-0.1, -0.05) is 18.2 Å². The van der Waals surface area contributed by atoms with Gasteiger partial charge in [0.1, 0.15) is 11.9 Å². The lowest BCUT2D eigenvalue weighted by Gasteiger charge is -2.18. The molecule has 1 atom stereocenters. The fraction of sp³-hybridized carbons (Fsp3) is 0.333. The van der Waals surface area contributed by atoms with Gasteiger partial charge < -0.3 is 15.4 Å². The number of aromatic nitrogens is 1. The Labute approximate surface area is 151 Å². The molecule has 1 aromatic heterocycles. The van der Waals surface area contributed by atoms with Crippen molar-refractivity contribution in [2.45, 2.75) is 19.4 Å². The number of para-hydroxylation sites is 1. The van der Waals surface area contributed by atoms with Crippen LogP contribution < -0.4 is 15.4 Å². The van der Waals surface area contributed by atoms with Crippen molar-refractivity contribution in [2.75, 3.05) is 20.1 Å². The average Bonchev–Trinajstić information content (AvgIpc) is 2.61. The molecule has 0 spiro atoms. The summed E-state index contributed by atoms with van der Waals surface area (Å²) in [5.74, 6) is 1.60. The molecule has 0 aliphatic carbocycles. The Morgan fingerprint density at radius 2 is 2.00 bits per heavy atom. The lowest BCUT2D eigenvalue weighted by Crippen LogP contribution is -2.42. The topological polar surface area (TPSA) is 58.5 Å². The molecule has 1 aromatic carbocycles. The van der Waals surface area contributed by atoms with Crippen molar-refractivity contribution in [1.29, 1.82) is 0 Å². The smallest absolute Gasteiger partial charge is 0.191 e. The number of pyridine rings is 1. The molecule has 0 aliphatic rings. The van der Waals surface area contributed by atoms with E-state index in [2.05, 4.69) is 36.5 Å². The number of guanidine groups is 1. The summed E-state index contributed by atoms with van der Waals surface area (Å²) in [6.45, 7) is 3.45. The number of ether oxygens (including phenoxy) is 1. The Hall–Kier alpha value is -2.08. The molecule has 0 amide bonds. The molecule has 2 N–H and O–H groups in total. The third-order valence-electron chi connectivity index (χ3n) is 3.35. The van der Waals surface area contributed by atoms with Crippen LogP contribution in [-0.2, 0) is 6.42 Å². The highest BCUT2D eigenvalue weighted by Gasteiger charge is 2.07. The van der Waals surface area contributed by atoms with Crippen molar-refractivity contribution in [1.82, 2.24) is 15.6 Å². The van der Waals surface area contributed by atoms with E-state index < -0.39 is 0 Å². The number of hydrogen-bond acceptors (Lipinski definition) is 3. The van der Waals surface area contributed by atoms with Crippen LogP contribution in [0.4, 0.5) is 0 Å². The Kier molecular flexibility index (Phi) is 7.55. The van der Waals surface area contributed by atoms with Gasteiger partial charge in [0.25, 0.3) is 0 Å². The lowest BCUT2D eigenvalue weighted by molar-refractivity contribution is 0.222. The minimum absolute atomic E-state index is 0.0121. The first-order chi connectivity index (χ1) is 11.7. The molecule has 0 aliphatic heterocycles. The number of halogens is 1. The van der Waals surface area contributed by atoms with Crippen LogP contribution in [0.25, 0.3) is 0 Å². The SMILES string of the molecule is CN=C(NCCc1ccccn1)NCC(C)Oc1ccccc1Br. The first kappa shape index (κ1) is 18.3. The van der Waals surface area contributed by atoms with Crippen LogP contribution in [0.3, 0.4) is 0 Å². The average molecular weight is 391 g/mol. The van der Waals surface area contributed by atoms with Gasteiger partial charge in [-0.2, -0.15) is 0 Å². The Balaban J connectivity index is 1.72. The molecule has 2 aromatic rings. The van der Waals surface area contributed by atoms with Gasteiger partial charge in [0.2, 0.25) is 0 Å². The van der Waals surface area contributed by atoms with Gasteiger partial charge in [-0.3, -0.25) is 9.98 Å².